The van der Waals surface area contributed by atoms with Gasteiger partial charge in [0.05, 0.1) is 0 Å². The van der Waals surface area contributed by atoms with Gasteiger partial charge in [0.1, 0.15) is 5.69 Å². The highest BCUT2D eigenvalue weighted by atomic mass is 19.4. The van der Waals surface area contributed by atoms with Crippen LogP contribution in [-0.2, 0) is 12.7 Å². The number of aliphatic hydroxyl groups is 1. The van der Waals surface area contributed by atoms with Crippen molar-refractivity contribution in [3.05, 3.63) is 34.2 Å². The van der Waals surface area contributed by atoms with Gasteiger partial charge >= 0.3 is 6.18 Å². The van der Waals surface area contributed by atoms with Crippen molar-refractivity contribution in [2.24, 2.45) is 0 Å². The molecule has 6 heteroatoms. The summed E-state index contributed by atoms with van der Waals surface area (Å²) in [5.41, 5.74) is -1.62. The number of nitrogens with zero attached hydrogens (tertiary/aromatic N) is 1. The van der Waals surface area contributed by atoms with Crippen LogP contribution in [0.25, 0.3) is 0 Å². The number of rotatable bonds is 4. The summed E-state index contributed by atoms with van der Waals surface area (Å²) in [5.74, 6) is 0. The molecule has 1 aromatic rings. The van der Waals surface area contributed by atoms with Crippen LogP contribution in [0.3, 0.4) is 0 Å². The van der Waals surface area contributed by atoms with Crippen LogP contribution < -0.4 is 5.56 Å². The number of hydrogen-bond acceptors (Lipinski definition) is 2. The fraction of sp³-hybridized carbons (Fsp3) is 0.500. The van der Waals surface area contributed by atoms with Gasteiger partial charge in [-0.3, -0.25) is 4.79 Å². The van der Waals surface area contributed by atoms with E-state index in [0.29, 0.717) is 17.4 Å². The van der Waals surface area contributed by atoms with Crippen molar-refractivity contribution in [3.8, 4) is 0 Å². The first-order valence-electron chi connectivity index (χ1n) is 4.84. The van der Waals surface area contributed by atoms with Gasteiger partial charge in [0.15, 0.2) is 0 Å². The van der Waals surface area contributed by atoms with Crippen LogP contribution in [0.2, 0.25) is 0 Å². The Bertz CT molecular complexity index is 398. The molecule has 0 fully saturated rings. The maximum atomic E-state index is 12.5. The number of alkyl halides is 3. The molecule has 0 aliphatic carbocycles. The minimum absolute atomic E-state index is 0.0327. The Morgan fingerprint density at radius 2 is 1.94 bits per heavy atom. The van der Waals surface area contributed by atoms with Crippen LogP contribution in [0.1, 0.15) is 18.5 Å². The summed E-state index contributed by atoms with van der Waals surface area (Å²) in [6.45, 7) is -0.127. The van der Waals surface area contributed by atoms with Gasteiger partial charge in [0.2, 0.25) is 0 Å². The summed E-state index contributed by atoms with van der Waals surface area (Å²) in [4.78, 5) is 11.3. The molecule has 90 valence electrons. The summed E-state index contributed by atoms with van der Waals surface area (Å²) in [7, 11) is 0. The topological polar surface area (TPSA) is 42.2 Å². The van der Waals surface area contributed by atoms with Gasteiger partial charge in [-0.1, -0.05) is 6.07 Å². The highest BCUT2D eigenvalue weighted by Gasteiger charge is 2.33. The van der Waals surface area contributed by atoms with Crippen molar-refractivity contribution in [1.29, 1.82) is 0 Å². The van der Waals surface area contributed by atoms with Gasteiger partial charge in [-0.15, -0.1) is 0 Å². The lowest BCUT2D eigenvalue weighted by Gasteiger charge is -2.14. The highest BCUT2D eigenvalue weighted by molar-refractivity contribution is 5.10. The average molecular weight is 235 g/mol. The fourth-order valence-corrected chi connectivity index (χ4v) is 1.38. The molecular formula is C10H12F3NO2. The molecule has 1 aromatic heterocycles. The molecule has 0 aliphatic heterocycles. The lowest BCUT2D eigenvalue weighted by Crippen LogP contribution is -2.27. The molecule has 0 saturated heterocycles. The Balaban J connectivity index is 3.00. The lowest BCUT2D eigenvalue weighted by atomic mass is 10.2. The second kappa shape index (κ2) is 5.16. The minimum Gasteiger partial charge on any atom is -0.396 e. The fourth-order valence-electron chi connectivity index (χ4n) is 1.38. The van der Waals surface area contributed by atoms with Crippen molar-refractivity contribution in [2.45, 2.75) is 25.6 Å². The van der Waals surface area contributed by atoms with E-state index in [-0.39, 0.29) is 13.2 Å². The zero-order valence-corrected chi connectivity index (χ0v) is 8.50. The normalized spacial score (nSPS) is 11.8. The molecule has 3 nitrogen and oxygen atoms in total. The predicted molar refractivity (Wildman–Crippen MR) is 52.0 cm³/mol. The van der Waals surface area contributed by atoms with E-state index in [2.05, 4.69) is 0 Å². The highest BCUT2D eigenvalue weighted by Crippen LogP contribution is 2.28. The molecular weight excluding hydrogens is 223 g/mol. The first kappa shape index (κ1) is 12.8. The summed E-state index contributed by atoms with van der Waals surface area (Å²) < 4.78 is 38.3. The maximum absolute atomic E-state index is 12.5. The molecule has 1 heterocycles. The summed E-state index contributed by atoms with van der Waals surface area (Å²) in [6, 6.07) is 3.06. The number of unbranched alkanes of at least 4 members (excludes halogenated alkanes) is 1. The molecule has 0 aliphatic rings. The van der Waals surface area contributed by atoms with Gasteiger partial charge in [-0.05, 0) is 18.9 Å². The summed E-state index contributed by atoms with van der Waals surface area (Å²) in [6.07, 6.45) is -3.82. The van der Waals surface area contributed by atoms with Gasteiger partial charge in [0, 0.05) is 19.2 Å². The van der Waals surface area contributed by atoms with Gasteiger partial charge in [-0.2, -0.15) is 13.2 Å². The standard InChI is InChI=1S/C10H12F3NO2/c11-10(12,13)8-4-3-5-9(16)14(8)6-1-2-7-15/h3-5,15H,1-2,6-7H2. The van der Waals surface area contributed by atoms with Gasteiger partial charge in [-0.25, -0.2) is 0 Å². The van der Waals surface area contributed by atoms with E-state index in [1.165, 1.54) is 0 Å². The lowest BCUT2D eigenvalue weighted by molar-refractivity contribution is -0.144. The molecule has 0 atom stereocenters. The van der Waals surface area contributed by atoms with Crippen molar-refractivity contribution in [2.75, 3.05) is 6.61 Å². The number of aliphatic hydroxyl groups excluding tert-OH is 1. The van der Waals surface area contributed by atoms with Crippen molar-refractivity contribution >= 4 is 0 Å². The summed E-state index contributed by atoms with van der Waals surface area (Å²) >= 11 is 0. The van der Waals surface area contributed by atoms with Crippen LogP contribution in [0.15, 0.2) is 23.0 Å². The van der Waals surface area contributed by atoms with Crippen LogP contribution in [0.4, 0.5) is 13.2 Å². The third-order valence-corrected chi connectivity index (χ3v) is 2.13. The predicted octanol–water partition coefficient (Wildman–Crippen LogP) is 1.64. The molecule has 1 rings (SSSR count). The number of pyridine rings is 1. The van der Waals surface area contributed by atoms with E-state index in [9.17, 15) is 18.0 Å². The largest absolute Gasteiger partial charge is 0.431 e. The van der Waals surface area contributed by atoms with Crippen molar-refractivity contribution in [1.82, 2.24) is 4.57 Å². The molecule has 0 saturated carbocycles. The van der Waals surface area contributed by atoms with Gasteiger partial charge in [0.25, 0.3) is 5.56 Å². The number of aromatic nitrogens is 1. The second-order valence-corrected chi connectivity index (χ2v) is 3.33. The van der Waals surface area contributed by atoms with Crippen LogP contribution in [0.5, 0.6) is 0 Å². The Morgan fingerprint density at radius 1 is 1.25 bits per heavy atom. The van der Waals surface area contributed by atoms with Crippen LogP contribution >= 0.6 is 0 Å². The van der Waals surface area contributed by atoms with E-state index in [1.54, 1.807) is 0 Å². The van der Waals surface area contributed by atoms with E-state index in [4.69, 9.17) is 5.11 Å². The van der Waals surface area contributed by atoms with Crippen LogP contribution in [-0.4, -0.2) is 16.3 Å². The number of hydrogen-bond donors (Lipinski definition) is 1. The first-order valence-corrected chi connectivity index (χ1v) is 4.84. The Hall–Kier alpha value is -1.30. The monoisotopic (exact) mass is 235 g/mol. The van der Waals surface area contributed by atoms with Crippen LogP contribution in [0, 0.1) is 0 Å². The molecule has 0 bridgehead atoms. The van der Waals surface area contributed by atoms with Gasteiger partial charge < -0.3 is 9.67 Å². The molecule has 0 aromatic carbocycles. The zero-order chi connectivity index (χ0) is 12.2. The molecule has 16 heavy (non-hydrogen) atoms. The molecule has 0 unspecified atom stereocenters. The molecule has 0 radical (unpaired) electrons. The molecule has 0 amide bonds. The smallest absolute Gasteiger partial charge is 0.396 e. The zero-order valence-electron chi connectivity index (χ0n) is 8.50. The Morgan fingerprint density at radius 3 is 2.50 bits per heavy atom. The van der Waals surface area contributed by atoms with E-state index < -0.39 is 17.4 Å². The minimum atomic E-state index is -4.53. The first-order chi connectivity index (χ1) is 7.46. The SMILES string of the molecule is O=c1cccc(C(F)(F)F)n1CCCCO. The molecule has 0 spiro atoms. The quantitative estimate of drug-likeness (QED) is 0.806. The van der Waals surface area contributed by atoms with Crippen molar-refractivity contribution < 1.29 is 18.3 Å². The second-order valence-electron chi connectivity index (χ2n) is 3.33. The Kier molecular flexibility index (Phi) is 4.12. The third-order valence-electron chi connectivity index (χ3n) is 2.13. The number of halogens is 3. The average Bonchev–Trinajstić information content (AvgIpc) is 2.19. The maximum Gasteiger partial charge on any atom is 0.431 e. The van der Waals surface area contributed by atoms with E-state index in [0.717, 1.165) is 18.2 Å². The van der Waals surface area contributed by atoms with E-state index >= 15 is 0 Å². The van der Waals surface area contributed by atoms with Crippen molar-refractivity contribution in [3.63, 3.8) is 0 Å². The molecule has 1 N–H and O–H groups in total. The van der Waals surface area contributed by atoms with E-state index in [1.807, 2.05) is 0 Å². The third kappa shape index (κ3) is 3.10. The summed E-state index contributed by atoms with van der Waals surface area (Å²) in [5, 5.41) is 8.53. The Labute approximate surface area is 90.1 Å².